The summed E-state index contributed by atoms with van der Waals surface area (Å²) in [5, 5.41) is 0. The first-order valence-electron chi connectivity index (χ1n) is 7.43. The molecule has 0 saturated heterocycles. The molecule has 0 radical (unpaired) electrons. The normalized spacial score (nSPS) is 11.0. The van der Waals surface area contributed by atoms with E-state index in [0.717, 1.165) is 5.75 Å². The van der Waals surface area contributed by atoms with Gasteiger partial charge >= 0.3 is 0 Å². The number of halogens is 1. The monoisotopic (exact) mass is 328 g/mol. The number of amides is 1. The van der Waals surface area contributed by atoms with Gasteiger partial charge in [-0.2, -0.15) is 0 Å². The number of ether oxygens (including phenoxy) is 1. The van der Waals surface area contributed by atoms with Crippen molar-refractivity contribution >= 4 is 18.3 Å². The highest BCUT2D eigenvalue weighted by molar-refractivity contribution is 5.94. The molecule has 4 nitrogen and oxygen atoms in total. The van der Waals surface area contributed by atoms with Crippen molar-refractivity contribution in [3.63, 3.8) is 0 Å². The second-order valence-corrected chi connectivity index (χ2v) is 6.76. The maximum Gasteiger partial charge on any atom is 0.253 e. The lowest BCUT2D eigenvalue weighted by atomic mass is 9.93. The van der Waals surface area contributed by atoms with Gasteiger partial charge in [0.1, 0.15) is 5.75 Å². The van der Waals surface area contributed by atoms with Crippen molar-refractivity contribution in [1.29, 1.82) is 0 Å². The van der Waals surface area contributed by atoms with Gasteiger partial charge in [-0.1, -0.05) is 33.8 Å². The zero-order valence-electron chi connectivity index (χ0n) is 14.3. The maximum absolute atomic E-state index is 12.5. The summed E-state index contributed by atoms with van der Waals surface area (Å²) >= 11 is 0. The second-order valence-electron chi connectivity index (χ2n) is 6.76. The Morgan fingerprint density at radius 1 is 1.36 bits per heavy atom. The molecule has 0 unspecified atom stereocenters. The molecule has 1 aromatic carbocycles. The van der Waals surface area contributed by atoms with Crippen molar-refractivity contribution in [1.82, 2.24) is 4.90 Å². The quantitative estimate of drug-likeness (QED) is 0.836. The number of hydrogen-bond acceptors (Lipinski definition) is 3. The number of nitrogens with zero attached hydrogens (tertiary/aromatic N) is 1. The summed E-state index contributed by atoms with van der Waals surface area (Å²) in [5.74, 6) is 1.19. The van der Waals surface area contributed by atoms with Gasteiger partial charge in [0.25, 0.3) is 5.91 Å². The molecule has 1 rings (SSSR count). The minimum absolute atomic E-state index is 0. The lowest BCUT2D eigenvalue weighted by molar-refractivity contribution is 0.0740. The first-order chi connectivity index (χ1) is 9.75. The molecule has 0 spiro atoms. The molecule has 0 atom stereocenters. The molecular formula is C17H29ClN2O2. The average Bonchev–Trinajstić information content (AvgIpc) is 2.44. The van der Waals surface area contributed by atoms with Crippen LogP contribution in [-0.4, -0.2) is 37.6 Å². The summed E-state index contributed by atoms with van der Waals surface area (Å²) in [6.07, 6.45) is 0. The summed E-state index contributed by atoms with van der Waals surface area (Å²) in [6.45, 7) is 10.1. The smallest absolute Gasteiger partial charge is 0.253 e. The van der Waals surface area contributed by atoms with Crippen molar-refractivity contribution < 1.29 is 9.53 Å². The van der Waals surface area contributed by atoms with Crippen LogP contribution in [0.4, 0.5) is 0 Å². The highest BCUT2D eigenvalue weighted by atomic mass is 35.5. The third kappa shape index (κ3) is 6.67. The van der Waals surface area contributed by atoms with E-state index in [1.165, 1.54) is 0 Å². The van der Waals surface area contributed by atoms with Crippen molar-refractivity contribution in [2.24, 2.45) is 17.1 Å². The maximum atomic E-state index is 12.5. The average molecular weight is 329 g/mol. The summed E-state index contributed by atoms with van der Waals surface area (Å²) in [7, 11) is 1.81. The third-order valence-corrected chi connectivity index (χ3v) is 3.23. The number of hydrogen-bond donors (Lipinski definition) is 1. The van der Waals surface area contributed by atoms with Gasteiger partial charge in [0.2, 0.25) is 0 Å². The summed E-state index contributed by atoms with van der Waals surface area (Å²) < 4.78 is 5.67. The fraction of sp³-hybridized carbons (Fsp3) is 0.588. The largest absolute Gasteiger partial charge is 0.493 e. The van der Waals surface area contributed by atoms with Crippen LogP contribution in [0.15, 0.2) is 24.3 Å². The van der Waals surface area contributed by atoms with E-state index < -0.39 is 0 Å². The molecule has 0 aliphatic carbocycles. The van der Waals surface area contributed by atoms with E-state index in [9.17, 15) is 4.79 Å². The van der Waals surface area contributed by atoms with Gasteiger partial charge in [0.05, 0.1) is 6.61 Å². The number of rotatable bonds is 7. The number of carbonyl (C=O) groups excluding carboxylic acids is 1. The van der Waals surface area contributed by atoms with E-state index >= 15 is 0 Å². The van der Waals surface area contributed by atoms with Crippen molar-refractivity contribution in [2.45, 2.75) is 27.7 Å². The van der Waals surface area contributed by atoms with Gasteiger partial charge in [-0.3, -0.25) is 4.79 Å². The zero-order chi connectivity index (χ0) is 16.0. The Morgan fingerprint density at radius 2 is 2.00 bits per heavy atom. The topological polar surface area (TPSA) is 55.6 Å². The second kappa shape index (κ2) is 9.01. The Balaban J connectivity index is 0.00000441. The third-order valence-electron chi connectivity index (χ3n) is 3.23. The zero-order valence-corrected chi connectivity index (χ0v) is 15.1. The van der Waals surface area contributed by atoms with Crippen molar-refractivity contribution in [2.75, 3.05) is 26.7 Å². The molecule has 126 valence electrons. The van der Waals surface area contributed by atoms with Crippen LogP contribution in [0, 0.1) is 11.3 Å². The number of benzene rings is 1. The summed E-state index contributed by atoms with van der Waals surface area (Å²) in [4.78, 5) is 14.2. The van der Waals surface area contributed by atoms with Gasteiger partial charge in [-0.05, 0) is 36.1 Å². The van der Waals surface area contributed by atoms with Crippen LogP contribution >= 0.6 is 12.4 Å². The van der Waals surface area contributed by atoms with E-state index in [1.807, 2.05) is 18.2 Å². The molecule has 1 amide bonds. The van der Waals surface area contributed by atoms with E-state index in [4.69, 9.17) is 10.5 Å². The van der Waals surface area contributed by atoms with Crippen LogP contribution in [0.25, 0.3) is 0 Å². The van der Waals surface area contributed by atoms with Crippen LogP contribution in [0.5, 0.6) is 5.75 Å². The highest BCUT2D eigenvalue weighted by Crippen LogP contribution is 2.18. The lowest BCUT2D eigenvalue weighted by Gasteiger charge is -2.29. The molecule has 0 fully saturated rings. The molecule has 5 heteroatoms. The Hall–Kier alpha value is -1.26. The van der Waals surface area contributed by atoms with Crippen LogP contribution in [0.2, 0.25) is 0 Å². The molecule has 0 bridgehead atoms. The van der Waals surface area contributed by atoms with Gasteiger partial charge < -0.3 is 15.4 Å². The fourth-order valence-electron chi connectivity index (χ4n) is 1.98. The molecule has 0 aromatic heterocycles. The minimum atomic E-state index is -0.0871. The molecule has 1 aromatic rings. The Labute approximate surface area is 140 Å². The standard InChI is InChI=1S/C17H28N2O2.ClH/c1-13(2)10-21-15-8-6-7-14(9-15)16(20)19(5)12-17(3,4)11-18;/h6-9,13H,10-12,18H2,1-5H3;1H. The van der Waals surface area contributed by atoms with Crippen LogP contribution in [0.3, 0.4) is 0 Å². The SMILES string of the molecule is CC(C)COc1cccc(C(=O)N(C)CC(C)(C)CN)c1.Cl. The van der Waals surface area contributed by atoms with Crippen LogP contribution in [0.1, 0.15) is 38.1 Å². The first-order valence-corrected chi connectivity index (χ1v) is 7.43. The molecular weight excluding hydrogens is 300 g/mol. The molecule has 0 heterocycles. The highest BCUT2D eigenvalue weighted by Gasteiger charge is 2.22. The fourth-order valence-corrected chi connectivity index (χ4v) is 1.98. The first kappa shape index (κ1) is 20.7. The van der Waals surface area contributed by atoms with Crippen LogP contribution in [-0.2, 0) is 0 Å². The molecule has 2 N–H and O–H groups in total. The minimum Gasteiger partial charge on any atom is -0.493 e. The van der Waals surface area contributed by atoms with Gasteiger partial charge in [0.15, 0.2) is 0 Å². The summed E-state index contributed by atoms with van der Waals surface area (Å²) in [6, 6.07) is 7.35. The van der Waals surface area contributed by atoms with E-state index in [0.29, 0.717) is 31.2 Å². The number of nitrogens with two attached hydrogens (primary N) is 1. The predicted molar refractivity (Wildman–Crippen MR) is 93.8 cm³/mol. The molecule has 0 aliphatic heterocycles. The molecule has 0 saturated carbocycles. The Kier molecular flexibility index (Phi) is 8.49. The Bertz CT molecular complexity index is 475. The van der Waals surface area contributed by atoms with Gasteiger partial charge in [-0.15, -0.1) is 12.4 Å². The molecule has 22 heavy (non-hydrogen) atoms. The predicted octanol–water partition coefficient (Wildman–Crippen LogP) is 3.20. The van der Waals surface area contributed by atoms with E-state index in [2.05, 4.69) is 27.7 Å². The summed E-state index contributed by atoms with van der Waals surface area (Å²) in [5.41, 5.74) is 6.29. The van der Waals surface area contributed by atoms with Crippen molar-refractivity contribution in [3.8, 4) is 5.75 Å². The lowest BCUT2D eigenvalue weighted by Crippen LogP contribution is -2.39. The van der Waals surface area contributed by atoms with Gasteiger partial charge in [-0.25, -0.2) is 0 Å². The Morgan fingerprint density at radius 3 is 2.55 bits per heavy atom. The van der Waals surface area contributed by atoms with E-state index in [-0.39, 0.29) is 23.7 Å². The van der Waals surface area contributed by atoms with Crippen molar-refractivity contribution in [3.05, 3.63) is 29.8 Å². The number of carbonyl (C=O) groups is 1. The van der Waals surface area contributed by atoms with E-state index in [1.54, 1.807) is 18.0 Å². The molecule has 0 aliphatic rings. The van der Waals surface area contributed by atoms with Gasteiger partial charge in [0, 0.05) is 19.2 Å². The van der Waals surface area contributed by atoms with Crippen LogP contribution < -0.4 is 10.5 Å².